The second-order valence-corrected chi connectivity index (χ2v) is 7.51. The van der Waals surface area contributed by atoms with Crippen molar-refractivity contribution in [2.45, 2.75) is 58.8 Å². The molecule has 1 heteroatoms. The summed E-state index contributed by atoms with van der Waals surface area (Å²) in [6.07, 6.45) is 5.55. The summed E-state index contributed by atoms with van der Waals surface area (Å²) in [7, 11) is 0. The van der Waals surface area contributed by atoms with Crippen molar-refractivity contribution in [1.82, 2.24) is 0 Å². The van der Waals surface area contributed by atoms with Gasteiger partial charge < -0.3 is 0 Å². The molecule has 100 valence electrons. The molecule has 0 saturated heterocycles. The lowest BCUT2D eigenvalue weighted by molar-refractivity contribution is 0.308. The summed E-state index contributed by atoms with van der Waals surface area (Å²) in [5.41, 5.74) is 3.33. The normalized spacial score (nSPS) is 17.0. The minimum absolute atomic E-state index is 0.235. The van der Waals surface area contributed by atoms with E-state index in [9.17, 15) is 0 Å². The molecule has 0 bridgehead atoms. The highest BCUT2D eigenvalue weighted by molar-refractivity contribution is 9.10. The molecule has 0 aromatic heterocycles. The Morgan fingerprint density at radius 1 is 1.28 bits per heavy atom. The van der Waals surface area contributed by atoms with Gasteiger partial charge in [-0.3, -0.25) is 0 Å². The first-order valence-corrected chi connectivity index (χ1v) is 8.00. The van der Waals surface area contributed by atoms with Crippen molar-refractivity contribution in [3.05, 3.63) is 33.8 Å². The van der Waals surface area contributed by atoms with Gasteiger partial charge in [0.2, 0.25) is 0 Å². The molecule has 1 fully saturated rings. The third-order valence-corrected chi connectivity index (χ3v) is 5.58. The Kier molecular flexibility index (Phi) is 4.21. The molecule has 1 aromatic rings. The predicted octanol–water partition coefficient (Wildman–Crippen LogP) is 5.73. The second kappa shape index (κ2) is 5.36. The van der Waals surface area contributed by atoms with Crippen LogP contribution in [0.4, 0.5) is 0 Å². The molecule has 1 aliphatic rings. The molecule has 0 heterocycles. The van der Waals surface area contributed by atoms with Gasteiger partial charge in [0, 0.05) is 4.47 Å². The van der Waals surface area contributed by atoms with Gasteiger partial charge in [-0.15, -0.1) is 0 Å². The molecule has 0 spiro atoms. The van der Waals surface area contributed by atoms with Crippen molar-refractivity contribution in [3.8, 4) is 0 Å². The molecule has 0 amide bonds. The van der Waals surface area contributed by atoms with E-state index < -0.39 is 0 Å². The van der Waals surface area contributed by atoms with Crippen LogP contribution >= 0.6 is 15.9 Å². The maximum Gasteiger partial charge on any atom is 0.0215 e. The highest BCUT2D eigenvalue weighted by Gasteiger charge is 2.30. The van der Waals surface area contributed by atoms with E-state index in [0.29, 0.717) is 5.92 Å². The van der Waals surface area contributed by atoms with E-state index in [-0.39, 0.29) is 5.41 Å². The smallest absolute Gasteiger partial charge is 0.0215 e. The molecule has 0 N–H and O–H groups in total. The van der Waals surface area contributed by atoms with Gasteiger partial charge in [0.05, 0.1) is 0 Å². The lowest BCUT2D eigenvalue weighted by atomic mass is 9.71. The molecule has 0 unspecified atom stereocenters. The van der Waals surface area contributed by atoms with E-state index in [2.05, 4.69) is 61.8 Å². The third kappa shape index (κ3) is 2.66. The monoisotopic (exact) mass is 308 g/mol. The summed E-state index contributed by atoms with van der Waals surface area (Å²) >= 11 is 3.78. The number of benzene rings is 1. The van der Waals surface area contributed by atoms with Crippen LogP contribution in [0.3, 0.4) is 0 Å². The van der Waals surface area contributed by atoms with Crippen LogP contribution in [-0.2, 0) is 11.8 Å². The van der Waals surface area contributed by atoms with Crippen molar-refractivity contribution in [1.29, 1.82) is 0 Å². The van der Waals surface area contributed by atoms with Gasteiger partial charge in [0.25, 0.3) is 0 Å². The van der Waals surface area contributed by atoms with Crippen LogP contribution in [0.1, 0.15) is 58.1 Å². The number of rotatable bonds is 4. The Morgan fingerprint density at radius 2 is 1.94 bits per heavy atom. The zero-order valence-corrected chi connectivity index (χ0v) is 13.7. The summed E-state index contributed by atoms with van der Waals surface area (Å²) in [6.45, 7) is 9.41. The Hall–Kier alpha value is -0.300. The molecule has 18 heavy (non-hydrogen) atoms. The SMILES string of the molecule is CC(C)C(C)(C)c1c(Br)cccc1CC1CCC1. The van der Waals surface area contributed by atoms with E-state index in [0.717, 1.165) is 5.92 Å². The van der Waals surface area contributed by atoms with Gasteiger partial charge in [-0.05, 0) is 40.9 Å². The topological polar surface area (TPSA) is 0 Å². The van der Waals surface area contributed by atoms with E-state index in [4.69, 9.17) is 0 Å². The summed E-state index contributed by atoms with van der Waals surface area (Å²) in [5, 5.41) is 0. The maximum atomic E-state index is 3.78. The van der Waals surface area contributed by atoms with Crippen LogP contribution in [0.25, 0.3) is 0 Å². The van der Waals surface area contributed by atoms with E-state index in [1.165, 1.54) is 35.7 Å². The second-order valence-electron chi connectivity index (χ2n) is 6.65. The van der Waals surface area contributed by atoms with Crippen molar-refractivity contribution in [2.24, 2.45) is 11.8 Å². The molecule has 1 saturated carbocycles. The minimum Gasteiger partial charge on any atom is -0.0619 e. The molecular formula is C17H25Br. The number of halogens is 1. The Balaban J connectivity index is 2.37. The van der Waals surface area contributed by atoms with E-state index in [1.807, 2.05) is 0 Å². The van der Waals surface area contributed by atoms with Gasteiger partial charge in [-0.25, -0.2) is 0 Å². The largest absolute Gasteiger partial charge is 0.0619 e. The quantitative estimate of drug-likeness (QED) is 0.666. The van der Waals surface area contributed by atoms with Gasteiger partial charge in [-0.1, -0.05) is 75.0 Å². The van der Waals surface area contributed by atoms with Gasteiger partial charge in [-0.2, -0.15) is 0 Å². The first-order valence-electron chi connectivity index (χ1n) is 7.20. The lowest BCUT2D eigenvalue weighted by Crippen LogP contribution is -2.27. The summed E-state index contributed by atoms with van der Waals surface area (Å²) in [4.78, 5) is 0. The predicted molar refractivity (Wildman–Crippen MR) is 83.1 cm³/mol. The van der Waals surface area contributed by atoms with Crippen LogP contribution in [0.5, 0.6) is 0 Å². The maximum absolute atomic E-state index is 3.78. The van der Waals surface area contributed by atoms with Crippen LogP contribution in [0, 0.1) is 11.8 Å². The molecule has 2 rings (SSSR count). The van der Waals surface area contributed by atoms with Crippen molar-refractivity contribution >= 4 is 15.9 Å². The van der Waals surface area contributed by atoms with E-state index >= 15 is 0 Å². The molecule has 0 atom stereocenters. The van der Waals surface area contributed by atoms with Crippen molar-refractivity contribution in [2.75, 3.05) is 0 Å². The number of hydrogen-bond donors (Lipinski definition) is 0. The Bertz CT molecular complexity index is 414. The van der Waals surface area contributed by atoms with Crippen molar-refractivity contribution in [3.63, 3.8) is 0 Å². The molecule has 1 aromatic carbocycles. The zero-order chi connectivity index (χ0) is 13.3. The molecule has 0 nitrogen and oxygen atoms in total. The minimum atomic E-state index is 0.235. The van der Waals surface area contributed by atoms with Crippen molar-refractivity contribution < 1.29 is 0 Å². The van der Waals surface area contributed by atoms with Crippen LogP contribution in [0.15, 0.2) is 22.7 Å². The first kappa shape index (κ1) is 14.1. The van der Waals surface area contributed by atoms with Crippen LogP contribution in [-0.4, -0.2) is 0 Å². The summed E-state index contributed by atoms with van der Waals surface area (Å²) in [6, 6.07) is 6.73. The highest BCUT2D eigenvalue weighted by atomic mass is 79.9. The summed E-state index contributed by atoms with van der Waals surface area (Å²) in [5.74, 6) is 1.58. The molecule has 0 aliphatic heterocycles. The van der Waals surface area contributed by atoms with Gasteiger partial charge in [0.15, 0.2) is 0 Å². The van der Waals surface area contributed by atoms with Crippen LogP contribution < -0.4 is 0 Å². The fourth-order valence-corrected chi connectivity index (χ4v) is 3.68. The highest BCUT2D eigenvalue weighted by Crippen LogP contribution is 2.40. The fourth-order valence-electron chi connectivity index (χ4n) is 2.76. The van der Waals surface area contributed by atoms with Crippen LogP contribution in [0.2, 0.25) is 0 Å². The number of hydrogen-bond acceptors (Lipinski definition) is 0. The van der Waals surface area contributed by atoms with Gasteiger partial charge >= 0.3 is 0 Å². The fraction of sp³-hybridized carbons (Fsp3) is 0.647. The first-order chi connectivity index (χ1) is 8.43. The summed E-state index contributed by atoms with van der Waals surface area (Å²) < 4.78 is 1.29. The molecule has 0 radical (unpaired) electrons. The Morgan fingerprint density at radius 3 is 2.44 bits per heavy atom. The third-order valence-electron chi connectivity index (χ3n) is 4.92. The average molecular weight is 309 g/mol. The Labute approximate surface area is 120 Å². The molecular weight excluding hydrogens is 284 g/mol. The average Bonchev–Trinajstić information content (AvgIpc) is 2.22. The van der Waals surface area contributed by atoms with E-state index in [1.54, 1.807) is 5.56 Å². The standard InChI is InChI=1S/C17H25Br/c1-12(2)17(3,4)16-14(9-6-10-15(16)18)11-13-7-5-8-13/h6,9-10,12-13H,5,7-8,11H2,1-4H3. The zero-order valence-electron chi connectivity index (χ0n) is 12.1. The molecule has 1 aliphatic carbocycles. The van der Waals surface area contributed by atoms with Gasteiger partial charge in [0.1, 0.15) is 0 Å². The lowest BCUT2D eigenvalue weighted by Gasteiger charge is -2.35.